The lowest BCUT2D eigenvalue weighted by Gasteiger charge is -2.28. The third-order valence-electron chi connectivity index (χ3n) is 5.47. The van der Waals surface area contributed by atoms with Gasteiger partial charge in [-0.2, -0.15) is 0 Å². The molecule has 1 aromatic carbocycles. The lowest BCUT2D eigenvalue weighted by atomic mass is 10.0. The van der Waals surface area contributed by atoms with Crippen LogP contribution in [0.1, 0.15) is 44.6 Å². The SMILES string of the molecule is CCC(=O)/C=C/c1ccc(-c2ccc(OC3C[C@H]4CC[C@@H](C3)N4)nn2)c(O)c1. The Morgan fingerprint density at radius 1 is 1.21 bits per heavy atom. The molecule has 0 amide bonds. The number of hydrogen-bond acceptors (Lipinski definition) is 6. The Hall–Kier alpha value is -2.73. The Labute approximate surface area is 164 Å². The standard InChI is InChI=1S/C22H25N3O3/c1-2-17(26)7-3-14-4-8-19(21(27)11-14)20-9-10-22(25-24-20)28-18-12-15-5-6-16(13-18)23-15/h3-4,7-11,15-16,18,23,27H,2,5-6,12-13H2,1H3/b7-3+/t15-,16+,18?. The fourth-order valence-electron chi connectivity index (χ4n) is 3.97. The predicted molar refractivity (Wildman–Crippen MR) is 107 cm³/mol. The van der Waals surface area contributed by atoms with E-state index in [1.54, 1.807) is 24.3 Å². The molecule has 3 heterocycles. The van der Waals surface area contributed by atoms with Gasteiger partial charge in [-0.15, -0.1) is 10.2 Å². The van der Waals surface area contributed by atoms with Crippen LogP contribution in [0.2, 0.25) is 0 Å². The number of ether oxygens (including phenoxy) is 1. The molecule has 0 saturated carbocycles. The number of nitrogens with zero attached hydrogens (tertiary/aromatic N) is 2. The lowest BCUT2D eigenvalue weighted by molar-refractivity contribution is -0.114. The minimum absolute atomic E-state index is 0.0479. The van der Waals surface area contributed by atoms with Crippen molar-refractivity contribution in [2.45, 2.75) is 57.2 Å². The molecule has 4 rings (SSSR count). The predicted octanol–water partition coefficient (Wildman–Crippen LogP) is 3.50. The minimum atomic E-state index is 0.0479. The maximum atomic E-state index is 11.4. The van der Waals surface area contributed by atoms with Crippen molar-refractivity contribution in [2.75, 3.05) is 0 Å². The summed E-state index contributed by atoms with van der Waals surface area (Å²) in [7, 11) is 0. The quantitative estimate of drug-likeness (QED) is 0.748. The molecule has 0 aliphatic carbocycles. The van der Waals surface area contributed by atoms with Crippen LogP contribution < -0.4 is 10.1 Å². The molecule has 2 aliphatic heterocycles. The molecule has 146 valence electrons. The molecule has 2 bridgehead atoms. The van der Waals surface area contributed by atoms with E-state index in [0.717, 1.165) is 18.4 Å². The van der Waals surface area contributed by atoms with E-state index in [1.807, 2.05) is 19.1 Å². The molecule has 2 aliphatic rings. The van der Waals surface area contributed by atoms with E-state index in [9.17, 15) is 9.90 Å². The largest absolute Gasteiger partial charge is 0.507 e. The zero-order valence-electron chi connectivity index (χ0n) is 16.0. The zero-order chi connectivity index (χ0) is 19.5. The second-order valence-electron chi connectivity index (χ2n) is 7.54. The van der Waals surface area contributed by atoms with Crippen LogP contribution in [-0.2, 0) is 4.79 Å². The van der Waals surface area contributed by atoms with E-state index in [-0.39, 0.29) is 17.6 Å². The van der Waals surface area contributed by atoms with Crippen LogP contribution in [-0.4, -0.2) is 39.3 Å². The van der Waals surface area contributed by atoms with Crippen LogP contribution in [0.15, 0.2) is 36.4 Å². The molecular weight excluding hydrogens is 354 g/mol. The summed E-state index contributed by atoms with van der Waals surface area (Å²) in [5.74, 6) is 0.669. The van der Waals surface area contributed by atoms with E-state index in [2.05, 4.69) is 15.5 Å². The van der Waals surface area contributed by atoms with Crippen molar-refractivity contribution in [3.63, 3.8) is 0 Å². The second kappa shape index (κ2) is 8.10. The number of benzene rings is 1. The van der Waals surface area contributed by atoms with E-state index < -0.39 is 0 Å². The summed E-state index contributed by atoms with van der Waals surface area (Å²) in [5.41, 5.74) is 1.94. The van der Waals surface area contributed by atoms with Crippen molar-refractivity contribution in [3.05, 3.63) is 42.0 Å². The van der Waals surface area contributed by atoms with E-state index in [4.69, 9.17) is 4.74 Å². The molecule has 2 saturated heterocycles. The molecule has 6 nitrogen and oxygen atoms in total. The second-order valence-corrected chi connectivity index (χ2v) is 7.54. The third kappa shape index (κ3) is 4.22. The minimum Gasteiger partial charge on any atom is -0.507 e. The summed E-state index contributed by atoms with van der Waals surface area (Å²) in [6.45, 7) is 1.81. The van der Waals surface area contributed by atoms with Crippen molar-refractivity contribution in [3.8, 4) is 22.9 Å². The highest BCUT2D eigenvalue weighted by atomic mass is 16.5. The highest BCUT2D eigenvalue weighted by Crippen LogP contribution is 2.31. The molecule has 6 heteroatoms. The maximum Gasteiger partial charge on any atom is 0.233 e. The molecule has 0 radical (unpaired) electrons. The van der Waals surface area contributed by atoms with Crippen LogP contribution in [0.5, 0.6) is 11.6 Å². The van der Waals surface area contributed by atoms with Crippen molar-refractivity contribution in [1.29, 1.82) is 0 Å². The topological polar surface area (TPSA) is 84.3 Å². The molecule has 2 aromatic rings. The van der Waals surface area contributed by atoms with E-state index in [0.29, 0.717) is 35.6 Å². The first-order chi connectivity index (χ1) is 13.6. The number of carbonyl (C=O) groups excluding carboxylic acids is 1. The van der Waals surface area contributed by atoms with Crippen molar-refractivity contribution < 1.29 is 14.6 Å². The molecule has 2 N–H and O–H groups in total. The molecule has 3 atom stereocenters. The highest BCUT2D eigenvalue weighted by Gasteiger charge is 2.34. The number of fused-ring (bicyclic) bond motifs is 2. The number of rotatable bonds is 6. The molecule has 28 heavy (non-hydrogen) atoms. The molecule has 0 spiro atoms. The summed E-state index contributed by atoms with van der Waals surface area (Å²) in [6.07, 6.45) is 8.34. The summed E-state index contributed by atoms with van der Waals surface area (Å²) in [5, 5.41) is 22.4. The fourth-order valence-corrected chi connectivity index (χ4v) is 3.97. The number of nitrogens with one attached hydrogen (secondary N) is 1. The van der Waals surface area contributed by atoms with Gasteiger partial charge in [0.15, 0.2) is 5.78 Å². The van der Waals surface area contributed by atoms with Gasteiger partial charge >= 0.3 is 0 Å². The van der Waals surface area contributed by atoms with Gasteiger partial charge < -0.3 is 15.2 Å². The van der Waals surface area contributed by atoms with Crippen LogP contribution in [0.4, 0.5) is 0 Å². The molecule has 1 aromatic heterocycles. The van der Waals surface area contributed by atoms with E-state index in [1.165, 1.54) is 18.9 Å². The summed E-state index contributed by atoms with van der Waals surface area (Å²) < 4.78 is 6.02. The number of phenolic OH excluding ortho intramolecular Hbond substituents is 1. The molecular formula is C22H25N3O3. The van der Waals surface area contributed by atoms with Gasteiger partial charge in [-0.3, -0.25) is 4.79 Å². The van der Waals surface area contributed by atoms with Crippen LogP contribution >= 0.6 is 0 Å². The third-order valence-corrected chi connectivity index (χ3v) is 5.47. The first-order valence-electron chi connectivity index (χ1n) is 9.91. The first-order valence-corrected chi connectivity index (χ1v) is 9.91. The summed E-state index contributed by atoms with van der Waals surface area (Å²) in [6, 6.07) is 9.97. The Morgan fingerprint density at radius 2 is 2.00 bits per heavy atom. The number of ketones is 1. The summed E-state index contributed by atoms with van der Waals surface area (Å²) in [4.78, 5) is 11.4. The van der Waals surface area contributed by atoms with E-state index >= 15 is 0 Å². The number of phenols is 1. The van der Waals surface area contributed by atoms with Gasteiger partial charge in [0.05, 0.1) is 5.69 Å². The number of carbonyl (C=O) groups is 1. The number of piperidine rings is 1. The number of hydrogen-bond donors (Lipinski definition) is 2. The van der Waals surface area contributed by atoms with Crippen LogP contribution in [0.3, 0.4) is 0 Å². The van der Waals surface area contributed by atoms with Crippen molar-refractivity contribution in [1.82, 2.24) is 15.5 Å². The van der Waals surface area contributed by atoms with Gasteiger partial charge in [0.25, 0.3) is 0 Å². The van der Waals surface area contributed by atoms with Gasteiger partial charge in [0.1, 0.15) is 11.9 Å². The molecule has 2 fully saturated rings. The lowest BCUT2D eigenvalue weighted by Crippen LogP contribution is -2.42. The fraction of sp³-hybridized carbons (Fsp3) is 0.409. The monoisotopic (exact) mass is 379 g/mol. The average Bonchev–Trinajstić information content (AvgIpc) is 3.05. The normalized spacial score (nSPS) is 23.8. The first kappa shape index (κ1) is 18.6. The zero-order valence-corrected chi connectivity index (χ0v) is 16.0. The Morgan fingerprint density at radius 3 is 2.64 bits per heavy atom. The smallest absolute Gasteiger partial charge is 0.233 e. The van der Waals surface area contributed by atoms with Gasteiger partial charge in [-0.05, 0) is 55.5 Å². The number of aromatic nitrogens is 2. The van der Waals surface area contributed by atoms with Gasteiger partial charge in [0.2, 0.25) is 5.88 Å². The van der Waals surface area contributed by atoms with Gasteiger partial charge in [0, 0.05) is 30.1 Å². The number of allylic oxidation sites excluding steroid dienone is 1. The average molecular weight is 379 g/mol. The molecule has 1 unspecified atom stereocenters. The van der Waals surface area contributed by atoms with Crippen molar-refractivity contribution in [2.24, 2.45) is 0 Å². The Kier molecular flexibility index (Phi) is 5.39. The Balaban J connectivity index is 1.43. The maximum absolute atomic E-state index is 11.4. The Bertz CT molecular complexity index is 867. The van der Waals surface area contributed by atoms with Gasteiger partial charge in [-0.25, -0.2) is 0 Å². The highest BCUT2D eigenvalue weighted by molar-refractivity contribution is 5.93. The van der Waals surface area contributed by atoms with Crippen LogP contribution in [0.25, 0.3) is 17.3 Å². The van der Waals surface area contributed by atoms with Gasteiger partial charge in [-0.1, -0.05) is 19.1 Å². The van der Waals surface area contributed by atoms with Crippen LogP contribution in [0, 0.1) is 0 Å². The number of aromatic hydroxyl groups is 1. The van der Waals surface area contributed by atoms with Crippen molar-refractivity contribution >= 4 is 11.9 Å². The summed E-state index contributed by atoms with van der Waals surface area (Å²) >= 11 is 0.